The average Bonchev–Trinajstić information content (AvgIpc) is 1.97. The van der Waals surface area contributed by atoms with E-state index in [1.165, 1.54) is 0 Å². The zero-order chi connectivity index (χ0) is 7.82. The van der Waals surface area contributed by atoms with E-state index in [0.717, 1.165) is 0 Å². The maximum atomic E-state index is 4.83. The quantitative estimate of drug-likeness (QED) is 0.405. The minimum absolute atomic E-state index is 0.318. The lowest BCUT2D eigenvalue weighted by Crippen LogP contribution is -2.22. The summed E-state index contributed by atoms with van der Waals surface area (Å²) >= 11 is 0. The fraction of sp³-hybridized carbons (Fsp3) is 0.429. The van der Waals surface area contributed by atoms with E-state index in [1.54, 1.807) is 11.9 Å². The van der Waals surface area contributed by atoms with Crippen LogP contribution in [0.2, 0.25) is 0 Å². The topological polar surface area (TPSA) is 21.7 Å². The second-order valence-electron chi connectivity index (χ2n) is 1.64. The van der Waals surface area contributed by atoms with Crippen molar-refractivity contribution in [2.24, 2.45) is 0 Å². The highest BCUT2D eigenvalue weighted by atomic mass is 16.5. The standard InChI is InChI=1S/C7H9NO2/c1-4-9-6-8(3)7-10-5-2/h1-2H,6-7H2,3H3. The van der Waals surface area contributed by atoms with Crippen molar-refractivity contribution in [3.63, 3.8) is 0 Å². The number of rotatable bonds is 4. The van der Waals surface area contributed by atoms with E-state index >= 15 is 0 Å². The first-order chi connectivity index (χ1) is 4.81. The third-order valence-electron chi connectivity index (χ3n) is 0.737. The van der Waals surface area contributed by atoms with Gasteiger partial charge in [0.05, 0.1) is 0 Å². The van der Waals surface area contributed by atoms with Gasteiger partial charge in [-0.3, -0.25) is 0 Å². The minimum Gasteiger partial charge on any atom is -0.430 e. The molecule has 0 aliphatic rings. The van der Waals surface area contributed by atoms with Gasteiger partial charge >= 0.3 is 0 Å². The molecule has 0 aliphatic heterocycles. The Balaban J connectivity index is 3.20. The van der Waals surface area contributed by atoms with Gasteiger partial charge in [-0.15, -0.1) is 0 Å². The number of ether oxygens (including phenoxy) is 2. The highest BCUT2D eigenvalue weighted by molar-refractivity contribution is 4.69. The number of hydrogen-bond acceptors (Lipinski definition) is 3. The Bertz CT molecular complexity index is 136. The van der Waals surface area contributed by atoms with Gasteiger partial charge in [0, 0.05) is 0 Å². The van der Waals surface area contributed by atoms with Crippen molar-refractivity contribution in [3.05, 3.63) is 0 Å². The molecule has 0 fully saturated rings. The van der Waals surface area contributed by atoms with E-state index in [0.29, 0.717) is 13.5 Å². The van der Waals surface area contributed by atoms with E-state index in [-0.39, 0.29) is 0 Å². The number of hydrogen-bond donors (Lipinski definition) is 0. The third kappa shape index (κ3) is 4.83. The first kappa shape index (κ1) is 8.68. The van der Waals surface area contributed by atoms with Crippen LogP contribution >= 0.6 is 0 Å². The fourth-order valence-corrected chi connectivity index (χ4v) is 0.332. The molecule has 0 aromatic rings. The summed E-state index contributed by atoms with van der Waals surface area (Å²) in [7, 11) is 1.77. The predicted octanol–water partition coefficient (Wildman–Crippen LogP) is 0.0478. The van der Waals surface area contributed by atoms with Gasteiger partial charge in [0.25, 0.3) is 0 Å². The Kier molecular flexibility index (Phi) is 5.04. The van der Waals surface area contributed by atoms with Gasteiger partial charge in [0.1, 0.15) is 12.2 Å². The van der Waals surface area contributed by atoms with Crippen LogP contribution < -0.4 is 0 Å². The lowest BCUT2D eigenvalue weighted by molar-refractivity contribution is 0.0489. The van der Waals surface area contributed by atoms with Crippen molar-refractivity contribution in [3.8, 4) is 25.1 Å². The summed E-state index contributed by atoms with van der Waals surface area (Å²) in [5.74, 6) is 0. The van der Waals surface area contributed by atoms with Crippen LogP contribution in [0.5, 0.6) is 0 Å². The van der Waals surface area contributed by atoms with Crippen LogP contribution in [-0.2, 0) is 9.47 Å². The van der Waals surface area contributed by atoms with E-state index in [9.17, 15) is 0 Å². The molecule has 0 radical (unpaired) electrons. The van der Waals surface area contributed by atoms with Crippen molar-refractivity contribution >= 4 is 0 Å². The van der Waals surface area contributed by atoms with Gasteiger partial charge in [-0.2, -0.15) is 0 Å². The summed E-state index contributed by atoms with van der Waals surface area (Å²) in [4.78, 5) is 1.69. The molecule has 0 N–H and O–H groups in total. The second kappa shape index (κ2) is 5.81. The molecule has 10 heavy (non-hydrogen) atoms. The molecule has 0 atom stereocenters. The highest BCUT2D eigenvalue weighted by Crippen LogP contribution is 1.82. The van der Waals surface area contributed by atoms with Crippen LogP contribution in [0, 0.1) is 25.1 Å². The van der Waals surface area contributed by atoms with Gasteiger partial charge in [0.2, 0.25) is 0 Å². The maximum Gasteiger partial charge on any atom is 0.156 e. The molecular weight excluding hydrogens is 130 g/mol. The summed E-state index contributed by atoms with van der Waals surface area (Å²) in [6.45, 7) is 0.635. The number of nitrogens with zero attached hydrogens (tertiary/aromatic N) is 1. The molecule has 0 saturated carbocycles. The Hall–Kier alpha value is -1.32. The molecule has 0 aromatic heterocycles. The zero-order valence-corrected chi connectivity index (χ0v) is 5.83. The average molecular weight is 139 g/mol. The molecule has 0 saturated heterocycles. The maximum absolute atomic E-state index is 4.83. The van der Waals surface area contributed by atoms with Crippen LogP contribution in [0.25, 0.3) is 0 Å². The van der Waals surface area contributed by atoms with Crippen molar-refractivity contribution in [1.29, 1.82) is 0 Å². The van der Waals surface area contributed by atoms with Gasteiger partial charge in [0.15, 0.2) is 13.5 Å². The molecule has 0 spiro atoms. The van der Waals surface area contributed by atoms with Gasteiger partial charge in [-0.1, -0.05) is 12.8 Å². The lowest BCUT2D eigenvalue weighted by atomic mass is 10.9. The normalized spacial score (nSPS) is 8.00. The van der Waals surface area contributed by atoms with Crippen molar-refractivity contribution in [2.45, 2.75) is 0 Å². The smallest absolute Gasteiger partial charge is 0.156 e. The van der Waals surface area contributed by atoms with Gasteiger partial charge in [-0.05, 0) is 7.05 Å². The van der Waals surface area contributed by atoms with Crippen molar-refractivity contribution in [1.82, 2.24) is 4.90 Å². The summed E-state index contributed by atoms with van der Waals surface area (Å²) in [5.41, 5.74) is 0. The molecular formula is C7H9NO2. The van der Waals surface area contributed by atoms with Crippen LogP contribution in [0.1, 0.15) is 0 Å². The van der Waals surface area contributed by atoms with Crippen LogP contribution in [0.3, 0.4) is 0 Å². The monoisotopic (exact) mass is 139 g/mol. The van der Waals surface area contributed by atoms with E-state index < -0.39 is 0 Å². The third-order valence-corrected chi connectivity index (χ3v) is 0.737. The molecule has 0 unspecified atom stereocenters. The van der Waals surface area contributed by atoms with Crippen LogP contribution in [-0.4, -0.2) is 25.4 Å². The first-order valence-electron chi connectivity index (χ1n) is 2.64. The second-order valence-corrected chi connectivity index (χ2v) is 1.64. The lowest BCUT2D eigenvalue weighted by Gasteiger charge is -2.11. The minimum atomic E-state index is 0.318. The Morgan fingerprint density at radius 3 is 1.90 bits per heavy atom. The summed E-state index contributed by atoms with van der Waals surface area (Å²) < 4.78 is 9.19. The van der Waals surface area contributed by atoms with Crippen LogP contribution in [0.15, 0.2) is 0 Å². The van der Waals surface area contributed by atoms with E-state index in [1.807, 2.05) is 12.2 Å². The zero-order valence-electron chi connectivity index (χ0n) is 5.83. The fourth-order valence-electron chi connectivity index (χ4n) is 0.332. The summed E-state index contributed by atoms with van der Waals surface area (Å²) in [6, 6.07) is 0. The van der Waals surface area contributed by atoms with Crippen molar-refractivity contribution < 1.29 is 9.47 Å². The molecule has 0 aliphatic carbocycles. The van der Waals surface area contributed by atoms with E-state index in [2.05, 4.69) is 9.47 Å². The predicted molar refractivity (Wildman–Crippen MR) is 37.3 cm³/mol. The van der Waals surface area contributed by atoms with E-state index in [4.69, 9.17) is 12.8 Å². The number of terminal acetylenes is 2. The molecule has 3 nitrogen and oxygen atoms in total. The Labute approximate surface area is 60.9 Å². The largest absolute Gasteiger partial charge is 0.430 e. The Morgan fingerprint density at radius 2 is 1.60 bits per heavy atom. The molecule has 0 rings (SSSR count). The van der Waals surface area contributed by atoms with Crippen LogP contribution in [0.4, 0.5) is 0 Å². The first-order valence-corrected chi connectivity index (χ1v) is 2.64. The summed E-state index contributed by atoms with van der Waals surface area (Å²) in [5, 5.41) is 0. The van der Waals surface area contributed by atoms with Crippen molar-refractivity contribution in [2.75, 3.05) is 20.5 Å². The SMILES string of the molecule is C#COCN(C)COC#C. The summed E-state index contributed by atoms with van der Waals surface area (Å²) in [6.07, 6.45) is 13.7. The molecule has 0 amide bonds. The molecule has 0 heterocycles. The molecule has 54 valence electrons. The molecule has 0 bridgehead atoms. The molecule has 0 aromatic carbocycles. The molecule has 3 heteroatoms. The van der Waals surface area contributed by atoms with Gasteiger partial charge in [-0.25, -0.2) is 4.90 Å². The van der Waals surface area contributed by atoms with Gasteiger partial charge < -0.3 is 9.47 Å². The highest BCUT2D eigenvalue weighted by Gasteiger charge is 1.94. The Morgan fingerprint density at radius 1 is 1.20 bits per heavy atom.